The van der Waals surface area contributed by atoms with Gasteiger partial charge in [0.1, 0.15) is 0 Å². The highest BCUT2D eigenvalue weighted by Gasteiger charge is 2.39. The van der Waals surface area contributed by atoms with E-state index in [4.69, 9.17) is 0 Å². The first-order chi connectivity index (χ1) is 8.15. The van der Waals surface area contributed by atoms with Crippen LogP contribution in [0.15, 0.2) is 23.2 Å². The van der Waals surface area contributed by atoms with E-state index in [1.54, 1.807) is 6.20 Å². The van der Waals surface area contributed by atoms with Gasteiger partial charge in [-0.1, -0.05) is 6.92 Å². The van der Waals surface area contributed by atoms with Gasteiger partial charge in [0.05, 0.1) is 6.20 Å². The topological polar surface area (TPSA) is 42.0 Å². The van der Waals surface area contributed by atoms with Crippen LogP contribution in [0.4, 0.5) is 0 Å². The van der Waals surface area contributed by atoms with Crippen LogP contribution < -0.4 is 5.32 Å². The maximum absolute atomic E-state index is 10.6. The van der Waals surface area contributed by atoms with Crippen LogP contribution in [-0.4, -0.2) is 18.6 Å². The summed E-state index contributed by atoms with van der Waals surface area (Å²) in [5, 5.41) is 3.26. The highest BCUT2D eigenvalue weighted by atomic mass is 32.1. The van der Waals surface area contributed by atoms with Crippen LogP contribution in [0.25, 0.3) is 0 Å². The summed E-state index contributed by atoms with van der Waals surface area (Å²) in [7, 11) is 2.01. The van der Waals surface area contributed by atoms with E-state index < -0.39 is 0 Å². The van der Waals surface area contributed by atoms with E-state index in [0.29, 0.717) is 22.0 Å². The molecule has 1 aromatic rings. The minimum absolute atomic E-state index is 0.476. The Morgan fingerprint density at radius 2 is 2.29 bits per heavy atom. The van der Waals surface area contributed by atoms with Gasteiger partial charge in [-0.15, -0.1) is 0 Å². The van der Waals surface area contributed by atoms with Crippen LogP contribution in [0.3, 0.4) is 0 Å². The molecule has 0 amide bonds. The summed E-state index contributed by atoms with van der Waals surface area (Å²) in [4.78, 5) is 5.03. The monoisotopic (exact) mass is 251 g/mol. The summed E-state index contributed by atoms with van der Waals surface area (Å²) in [6.45, 7) is 3.44. The Bertz CT molecular complexity index is 385. The average molecular weight is 251 g/mol. The summed E-state index contributed by atoms with van der Waals surface area (Å²) in [5.74, 6) is 0.756. The van der Waals surface area contributed by atoms with E-state index in [2.05, 4.69) is 17.2 Å². The van der Waals surface area contributed by atoms with Crippen molar-refractivity contribution in [1.82, 2.24) is 10.3 Å². The molecule has 0 bridgehead atoms. The highest BCUT2D eigenvalue weighted by Crippen LogP contribution is 2.45. The zero-order valence-corrected chi connectivity index (χ0v) is 11.2. The van der Waals surface area contributed by atoms with Gasteiger partial charge in [0.25, 0.3) is 0 Å². The summed E-state index contributed by atoms with van der Waals surface area (Å²) in [6, 6.07) is 3.85. The average Bonchev–Trinajstić information content (AvgIpc) is 2.28. The van der Waals surface area contributed by atoms with Crippen molar-refractivity contribution in [3.05, 3.63) is 24.0 Å². The van der Waals surface area contributed by atoms with Crippen LogP contribution in [0, 0.1) is 11.3 Å². The summed E-state index contributed by atoms with van der Waals surface area (Å²) >= 11 is 0.502. The Kier molecular flexibility index (Phi) is 3.84. The van der Waals surface area contributed by atoms with Gasteiger partial charge in [0.2, 0.25) is 0 Å². The molecule has 0 radical (unpaired) electrons. The smallest absolute Gasteiger partial charge is 0.319 e. The van der Waals surface area contributed by atoms with Crippen LogP contribution in [-0.2, 0) is 22.3 Å². The van der Waals surface area contributed by atoms with Gasteiger partial charge in [-0.2, -0.15) is 0 Å². The Morgan fingerprint density at radius 1 is 1.53 bits per heavy atom. The van der Waals surface area contributed by atoms with Gasteiger partial charge in [-0.05, 0) is 43.7 Å². The van der Waals surface area contributed by atoms with Gasteiger partial charge < -0.3 is 5.32 Å². The molecule has 1 N–H and O–H groups in total. The molecule has 1 aromatic heterocycles. The third-order valence-corrected chi connectivity index (χ3v) is 3.99. The molecule has 0 aromatic carbocycles. The minimum Gasteiger partial charge on any atom is -0.319 e. The largest absolute Gasteiger partial charge is 0.506 e. The van der Waals surface area contributed by atoms with Crippen LogP contribution in [0.1, 0.15) is 25.5 Å². The predicted molar refractivity (Wildman–Crippen MR) is 69.0 cm³/mol. The van der Waals surface area contributed by atoms with E-state index in [9.17, 15) is 4.21 Å². The Balaban J connectivity index is 1.85. The second kappa shape index (κ2) is 5.19. The first-order valence-electron chi connectivity index (χ1n) is 6.04. The fraction of sp³-hybridized carbons (Fsp3) is 0.615. The summed E-state index contributed by atoms with van der Waals surface area (Å²) < 4.78 is 10.6. The van der Waals surface area contributed by atoms with E-state index in [1.807, 2.05) is 19.2 Å². The molecule has 0 saturated heterocycles. The van der Waals surface area contributed by atoms with Crippen LogP contribution in [0.5, 0.6) is 0 Å². The molecule has 0 unspecified atom stereocenters. The molecule has 4 heteroatoms. The number of nitrogens with one attached hydrogen (secondary N) is 1. The maximum atomic E-state index is 10.6. The van der Waals surface area contributed by atoms with E-state index >= 15 is 0 Å². The predicted octanol–water partition coefficient (Wildman–Crippen LogP) is 2.05. The van der Waals surface area contributed by atoms with Crippen molar-refractivity contribution in [2.45, 2.75) is 31.1 Å². The Hall–Kier alpha value is -0.870. The molecular formula is C13H19N2OS+. The van der Waals surface area contributed by atoms with Gasteiger partial charge in [-0.25, -0.2) is 0 Å². The molecule has 1 aliphatic rings. The van der Waals surface area contributed by atoms with Crippen LogP contribution in [0.2, 0.25) is 0 Å². The first-order valence-corrected chi connectivity index (χ1v) is 6.79. The molecule has 17 heavy (non-hydrogen) atoms. The number of aromatic nitrogens is 1. The standard InChI is InChI=1S/C13H19N2OS/c1-13(9-14-2)6-10(7-13)5-11-3-4-12(17-16)8-15-11/h3-4,8,10,14H,5-7,9H2,1-2H3/q+1. The Labute approximate surface area is 107 Å². The first kappa shape index (κ1) is 12.6. The fourth-order valence-electron chi connectivity index (χ4n) is 2.93. The minimum atomic E-state index is 0.476. The number of rotatable bonds is 5. The molecule has 3 nitrogen and oxygen atoms in total. The van der Waals surface area contributed by atoms with Crippen molar-refractivity contribution < 1.29 is 4.21 Å². The molecule has 0 aliphatic heterocycles. The second-order valence-electron chi connectivity index (χ2n) is 5.39. The normalized spacial score (nSPS) is 27.5. The summed E-state index contributed by atoms with van der Waals surface area (Å²) in [5.41, 5.74) is 1.59. The molecule has 1 fully saturated rings. The number of hydrogen-bond donors (Lipinski definition) is 1. The zero-order chi connectivity index (χ0) is 12.3. The molecule has 1 saturated carbocycles. The van der Waals surface area contributed by atoms with E-state index in [0.717, 1.165) is 24.6 Å². The molecule has 0 atom stereocenters. The van der Waals surface area contributed by atoms with Gasteiger partial charge in [-0.3, -0.25) is 4.98 Å². The SMILES string of the molecule is CNCC1(C)CC(Cc2ccc([S+]=O)cn2)C1. The summed E-state index contributed by atoms with van der Waals surface area (Å²) in [6.07, 6.45) is 5.27. The van der Waals surface area contributed by atoms with Crippen molar-refractivity contribution >= 4 is 11.7 Å². The fourth-order valence-corrected chi connectivity index (χ4v) is 3.15. The van der Waals surface area contributed by atoms with Crippen molar-refractivity contribution in [2.24, 2.45) is 11.3 Å². The van der Waals surface area contributed by atoms with Crippen molar-refractivity contribution in [1.29, 1.82) is 0 Å². The molecule has 2 rings (SSSR count). The number of pyridine rings is 1. The van der Waals surface area contributed by atoms with Gasteiger partial charge >= 0.3 is 16.6 Å². The van der Waals surface area contributed by atoms with Crippen molar-refractivity contribution in [3.8, 4) is 0 Å². The quantitative estimate of drug-likeness (QED) is 0.814. The second-order valence-corrected chi connectivity index (χ2v) is 6.03. The van der Waals surface area contributed by atoms with Crippen molar-refractivity contribution in [3.63, 3.8) is 0 Å². The third kappa shape index (κ3) is 3.07. The Morgan fingerprint density at radius 3 is 2.82 bits per heavy atom. The number of nitrogens with zero attached hydrogens (tertiary/aromatic N) is 1. The molecule has 1 aliphatic carbocycles. The van der Waals surface area contributed by atoms with Crippen LogP contribution >= 0.6 is 0 Å². The highest BCUT2D eigenvalue weighted by molar-refractivity contribution is 7.65. The number of hydrogen-bond acceptors (Lipinski definition) is 3. The molecule has 0 spiro atoms. The lowest BCUT2D eigenvalue weighted by Crippen LogP contribution is -2.42. The van der Waals surface area contributed by atoms with Gasteiger partial charge in [0.15, 0.2) is 0 Å². The lowest BCUT2D eigenvalue weighted by molar-refractivity contribution is 0.0764. The third-order valence-electron chi connectivity index (χ3n) is 3.56. The van der Waals surface area contributed by atoms with Crippen molar-refractivity contribution in [2.75, 3.05) is 13.6 Å². The maximum Gasteiger partial charge on any atom is 0.506 e. The zero-order valence-electron chi connectivity index (χ0n) is 10.4. The molecular weight excluding hydrogens is 232 g/mol. The molecule has 1 heterocycles. The molecule has 92 valence electrons. The lowest BCUT2D eigenvalue weighted by atomic mass is 9.62. The van der Waals surface area contributed by atoms with E-state index in [1.165, 1.54) is 12.8 Å². The lowest BCUT2D eigenvalue weighted by Gasteiger charge is -2.45. The van der Waals surface area contributed by atoms with E-state index in [-0.39, 0.29) is 0 Å². The van der Waals surface area contributed by atoms with Gasteiger partial charge in [0, 0.05) is 22.5 Å².